The number of benzene rings is 2. The number of carbonyl (C=O) groups excluding carboxylic acids is 1. The molecule has 0 saturated carbocycles. The van der Waals surface area contributed by atoms with Gasteiger partial charge < -0.3 is 19.4 Å². The molecule has 0 spiro atoms. The number of amides is 1. The van der Waals surface area contributed by atoms with Gasteiger partial charge in [0, 0.05) is 37.0 Å². The maximum Gasteiger partial charge on any atom is 0.252 e. The number of pyridine rings is 1. The number of nitrogens with one attached hydrogen (secondary N) is 1. The molecule has 0 unspecified atom stereocenters. The second-order valence-electron chi connectivity index (χ2n) is 7.75. The van der Waals surface area contributed by atoms with E-state index in [-0.39, 0.29) is 5.91 Å². The number of rotatable bonds is 6. The van der Waals surface area contributed by atoms with Crippen LogP contribution >= 0.6 is 0 Å². The Labute approximate surface area is 192 Å². The Balaban J connectivity index is 1.28. The van der Waals surface area contributed by atoms with E-state index in [9.17, 15) is 4.79 Å². The lowest BCUT2D eigenvalue weighted by Gasteiger charge is -2.27. The van der Waals surface area contributed by atoms with Gasteiger partial charge in [0.15, 0.2) is 5.76 Å². The fourth-order valence-corrected chi connectivity index (χ4v) is 3.78. The Hall–Kier alpha value is -3.97. The van der Waals surface area contributed by atoms with Crippen LogP contribution in [0.1, 0.15) is 15.9 Å². The van der Waals surface area contributed by atoms with Crippen LogP contribution in [0.25, 0.3) is 22.8 Å². The van der Waals surface area contributed by atoms with E-state index in [4.69, 9.17) is 9.15 Å². The number of nitrogens with zero attached hydrogens (tertiary/aromatic N) is 3. The van der Waals surface area contributed by atoms with Crippen molar-refractivity contribution in [3.8, 4) is 22.8 Å². The van der Waals surface area contributed by atoms with Crippen LogP contribution in [0.5, 0.6) is 0 Å². The van der Waals surface area contributed by atoms with E-state index in [1.807, 2.05) is 60.7 Å². The molecule has 3 heterocycles. The molecular formula is C26H24N4O3. The third-order valence-electron chi connectivity index (χ3n) is 5.56. The van der Waals surface area contributed by atoms with Crippen LogP contribution in [0.3, 0.4) is 0 Å². The van der Waals surface area contributed by atoms with E-state index in [0.717, 1.165) is 43.2 Å². The maximum absolute atomic E-state index is 13.0. The number of ether oxygens (including phenoxy) is 1. The molecule has 1 N–H and O–H groups in total. The molecule has 166 valence electrons. The van der Waals surface area contributed by atoms with Crippen LogP contribution in [0.4, 0.5) is 5.82 Å². The summed E-state index contributed by atoms with van der Waals surface area (Å²) in [6, 6.07) is 21.1. The van der Waals surface area contributed by atoms with Crippen molar-refractivity contribution >= 4 is 11.7 Å². The number of morpholine rings is 1. The molecule has 2 aromatic carbocycles. The Morgan fingerprint density at radius 2 is 1.70 bits per heavy atom. The summed E-state index contributed by atoms with van der Waals surface area (Å²) in [5.41, 5.74) is 3.03. The van der Waals surface area contributed by atoms with Crippen molar-refractivity contribution < 1.29 is 13.9 Å². The highest BCUT2D eigenvalue weighted by molar-refractivity contribution is 6.00. The zero-order chi connectivity index (χ0) is 22.5. The first-order chi connectivity index (χ1) is 16.3. The standard InChI is InChI=1S/C26H24N4O3/c31-25(28-17-19-10-11-24(27-16-19)30-12-14-32-15-13-30)21-8-4-5-9-22(21)26-29-18-23(33-26)20-6-2-1-3-7-20/h1-11,16,18H,12-15,17H2,(H,28,31). The second kappa shape index (κ2) is 9.67. The van der Waals surface area contributed by atoms with Crippen LogP contribution < -0.4 is 10.2 Å². The van der Waals surface area contributed by atoms with Crippen LogP contribution in [0.15, 0.2) is 83.5 Å². The Morgan fingerprint density at radius 1 is 0.909 bits per heavy atom. The minimum Gasteiger partial charge on any atom is -0.436 e. The quantitative estimate of drug-likeness (QED) is 0.485. The minimum atomic E-state index is -0.192. The highest BCUT2D eigenvalue weighted by Gasteiger charge is 2.17. The molecule has 0 bridgehead atoms. The summed E-state index contributed by atoms with van der Waals surface area (Å²) in [5.74, 6) is 1.81. The van der Waals surface area contributed by atoms with Crippen molar-refractivity contribution in [3.05, 3.63) is 90.3 Å². The highest BCUT2D eigenvalue weighted by atomic mass is 16.5. The van der Waals surface area contributed by atoms with E-state index in [1.54, 1.807) is 18.5 Å². The lowest BCUT2D eigenvalue weighted by atomic mass is 10.1. The molecular weight excluding hydrogens is 416 g/mol. The Kier molecular flexibility index (Phi) is 6.12. The summed E-state index contributed by atoms with van der Waals surface area (Å²) in [5, 5.41) is 2.98. The van der Waals surface area contributed by atoms with E-state index in [2.05, 4.69) is 20.2 Å². The summed E-state index contributed by atoms with van der Waals surface area (Å²) >= 11 is 0. The van der Waals surface area contributed by atoms with Crippen molar-refractivity contribution in [2.75, 3.05) is 31.2 Å². The molecule has 1 amide bonds. The lowest BCUT2D eigenvalue weighted by molar-refractivity contribution is 0.0951. The lowest BCUT2D eigenvalue weighted by Crippen LogP contribution is -2.36. The first-order valence-electron chi connectivity index (χ1n) is 10.9. The molecule has 7 nitrogen and oxygen atoms in total. The maximum atomic E-state index is 13.0. The van der Waals surface area contributed by atoms with E-state index in [1.165, 1.54) is 0 Å². The van der Waals surface area contributed by atoms with E-state index >= 15 is 0 Å². The summed E-state index contributed by atoms with van der Waals surface area (Å²) in [6.45, 7) is 3.50. The fourth-order valence-electron chi connectivity index (χ4n) is 3.78. The van der Waals surface area contributed by atoms with Gasteiger partial charge in [0.25, 0.3) is 5.91 Å². The predicted molar refractivity (Wildman–Crippen MR) is 126 cm³/mol. The number of oxazole rings is 1. The van der Waals surface area contributed by atoms with Crippen LogP contribution in [0, 0.1) is 0 Å². The molecule has 2 aromatic heterocycles. The molecule has 1 aliphatic rings. The molecule has 1 aliphatic heterocycles. The molecule has 0 atom stereocenters. The van der Waals surface area contributed by atoms with Gasteiger partial charge in [-0.1, -0.05) is 48.5 Å². The first-order valence-corrected chi connectivity index (χ1v) is 10.9. The van der Waals surface area contributed by atoms with Crippen molar-refractivity contribution in [2.24, 2.45) is 0 Å². The Bertz CT molecular complexity index is 1220. The molecule has 0 radical (unpaired) electrons. The molecule has 4 aromatic rings. The highest BCUT2D eigenvalue weighted by Crippen LogP contribution is 2.28. The summed E-state index contributed by atoms with van der Waals surface area (Å²) in [4.78, 5) is 24.1. The zero-order valence-electron chi connectivity index (χ0n) is 18.1. The van der Waals surface area contributed by atoms with Gasteiger partial charge in [-0.25, -0.2) is 9.97 Å². The number of aromatic nitrogens is 2. The van der Waals surface area contributed by atoms with Gasteiger partial charge in [-0.3, -0.25) is 4.79 Å². The van der Waals surface area contributed by atoms with E-state index < -0.39 is 0 Å². The molecule has 33 heavy (non-hydrogen) atoms. The third kappa shape index (κ3) is 4.78. The van der Waals surface area contributed by atoms with Crippen molar-refractivity contribution in [1.82, 2.24) is 15.3 Å². The fraction of sp³-hybridized carbons (Fsp3) is 0.192. The number of hydrogen-bond donors (Lipinski definition) is 1. The average molecular weight is 441 g/mol. The van der Waals surface area contributed by atoms with Gasteiger partial charge in [-0.15, -0.1) is 0 Å². The third-order valence-corrected chi connectivity index (χ3v) is 5.56. The summed E-state index contributed by atoms with van der Waals surface area (Å²) < 4.78 is 11.4. The molecule has 7 heteroatoms. The van der Waals surface area contributed by atoms with Gasteiger partial charge >= 0.3 is 0 Å². The smallest absolute Gasteiger partial charge is 0.252 e. The number of anilines is 1. The van der Waals surface area contributed by atoms with E-state index in [0.29, 0.717) is 29.3 Å². The monoisotopic (exact) mass is 440 g/mol. The summed E-state index contributed by atoms with van der Waals surface area (Å²) in [6.07, 6.45) is 3.48. The number of carbonyl (C=O) groups is 1. The largest absolute Gasteiger partial charge is 0.436 e. The number of hydrogen-bond acceptors (Lipinski definition) is 6. The van der Waals surface area contributed by atoms with Crippen LogP contribution in [0.2, 0.25) is 0 Å². The van der Waals surface area contributed by atoms with Crippen LogP contribution in [-0.4, -0.2) is 42.2 Å². The molecule has 1 fully saturated rings. The van der Waals surface area contributed by atoms with Gasteiger partial charge in [-0.2, -0.15) is 0 Å². The molecule has 5 rings (SSSR count). The van der Waals surface area contributed by atoms with Crippen molar-refractivity contribution in [3.63, 3.8) is 0 Å². The summed E-state index contributed by atoms with van der Waals surface area (Å²) in [7, 11) is 0. The topological polar surface area (TPSA) is 80.5 Å². The average Bonchev–Trinajstić information content (AvgIpc) is 3.39. The first kappa shape index (κ1) is 20.9. The Morgan fingerprint density at radius 3 is 2.48 bits per heavy atom. The van der Waals surface area contributed by atoms with Crippen LogP contribution in [-0.2, 0) is 11.3 Å². The second-order valence-corrected chi connectivity index (χ2v) is 7.75. The zero-order valence-corrected chi connectivity index (χ0v) is 18.1. The van der Waals surface area contributed by atoms with Crippen molar-refractivity contribution in [2.45, 2.75) is 6.54 Å². The van der Waals surface area contributed by atoms with Gasteiger partial charge in [0.05, 0.1) is 25.0 Å². The molecule has 0 aliphatic carbocycles. The SMILES string of the molecule is O=C(NCc1ccc(N2CCOCC2)nc1)c1ccccc1-c1ncc(-c2ccccc2)o1. The van der Waals surface area contributed by atoms with Gasteiger partial charge in [0.1, 0.15) is 5.82 Å². The predicted octanol–water partition coefficient (Wildman–Crippen LogP) is 4.17. The minimum absolute atomic E-state index is 0.192. The van der Waals surface area contributed by atoms with Crippen molar-refractivity contribution in [1.29, 1.82) is 0 Å². The molecule has 1 saturated heterocycles. The normalized spacial score (nSPS) is 13.6. The van der Waals surface area contributed by atoms with Gasteiger partial charge in [-0.05, 0) is 23.8 Å². The van der Waals surface area contributed by atoms with Gasteiger partial charge in [0.2, 0.25) is 5.89 Å².